The van der Waals surface area contributed by atoms with Gasteiger partial charge in [-0.3, -0.25) is 9.69 Å². The van der Waals surface area contributed by atoms with Crippen molar-refractivity contribution in [3.05, 3.63) is 56.8 Å². The van der Waals surface area contributed by atoms with E-state index in [9.17, 15) is 9.18 Å². The zero-order valence-corrected chi connectivity index (χ0v) is 15.9. The van der Waals surface area contributed by atoms with Crippen LogP contribution in [-0.4, -0.2) is 28.9 Å². The summed E-state index contributed by atoms with van der Waals surface area (Å²) in [5, 5.41) is 5.60. The summed E-state index contributed by atoms with van der Waals surface area (Å²) in [5.74, 6) is -0.325. The minimum absolute atomic E-state index is 0.0527. The number of amides is 1. The molecule has 0 bridgehead atoms. The van der Waals surface area contributed by atoms with Crippen LogP contribution in [0.1, 0.15) is 15.3 Å². The van der Waals surface area contributed by atoms with Crippen molar-refractivity contribution in [2.45, 2.75) is 19.9 Å². The molecule has 134 valence electrons. The number of thiazole rings is 1. The lowest BCUT2D eigenvalue weighted by Crippen LogP contribution is -2.36. The highest BCUT2D eigenvalue weighted by atomic mass is 32.1. The van der Waals surface area contributed by atoms with E-state index in [0.29, 0.717) is 11.7 Å². The first kappa shape index (κ1) is 17.3. The van der Waals surface area contributed by atoms with Crippen molar-refractivity contribution in [1.29, 1.82) is 0 Å². The van der Waals surface area contributed by atoms with Gasteiger partial charge >= 0.3 is 0 Å². The highest BCUT2D eigenvalue weighted by Crippen LogP contribution is 2.30. The third-order valence-electron chi connectivity index (χ3n) is 4.41. The van der Waals surface area contributed by atoms with Gasteiger partial charge in [0.25, 0.3) is 0 Å². The number of rotatable bonds is 4. The van der Waals surface area contributed by atoms with Crippen LogP contribution in [0.2, 0.25) is 0 Å². The molecule has 1 N–H and O–H groups in total. The molecule has 0 unspecified atom stereocenters. The van der Waals surface area contributed by atoms with Gasteiger partial charge in [-0.05, 0) is 54.6 Å². The molecular formula is C19H18FN3OS2. The van der Waals surface area contributed by atoms with Crippen molar-refractivity contribution in [3.63, 3.8) is 0 Å². The van der Waals surface area contributed by atoms with Crippen LogP contribution >= 0.6 is 22.7 Å². The second-order valence-corrected chi connectivity index (χ2v) is 8.51. The fourth-order valence-corrected chi connectivity index (χ4v) is 4.87. The van der Waals surface area contributed by atoms with E-state index < -0.39 is 0 Å². The van der Waals surface area contributed by atoms with Gasteiger partial charge in [0.05, 0.1) is 12.2 Å². The number of carbonyl (C=O) groups is 1. The van der Waals surface area contributed by atoms with Crippen molar-refractivity contribution < 1.29 is 9.18 Å². The Morgan fingerprint density at radius 1 is 1.31 bits per heavy atom. The Bertz CT molecular complexity index is 933. The number of hydrogen-bond acceptors (Lipinski definition) is 5. The van der Waals surface area contributed by atoms with Crippen molar-refractivity contribution in [1.82, 2.24) is 9.88 Å². The number of anilines is 1. The van der Waals surface area contributed by atoms with Crippen LogP contribution in [0.4, 0.5) is 9.52 Å². The highest BCUT2D eigenvalue weighted by molar-refractivity contribution is 7.16. The molecule has 3 aromatic rings. The molecule has 7 heteroatoms. The molecule has 0 fully saturated rings. The third-order valence-corrected chi connectivity index (χ3v) is 6.32. The van der Waals surface area contributed by atoms with Crippen LogP contribution in [0.3, 0.4) is 0 Å². The molecule has 2 aromatic heterocycles. The Balaban J connectivity index is 1.40. The predicted molar refractivity (Wildman–Crippen MR) is 104 cm³/mol. The minimum Gasteiger partial charge on any atom is -0.301 e. The number of aryl methyl sites for hydroxylation is 1. The van der Waals surface area contributed by atoms with E-state index in [1.807, 2.05) is 6.92 Å². The SMILES string of the molecule is Cc1sc(NC(=O)CN2CCc3sccc3C2)nc1-c1ccc(F)cc1. The molecule has 0 atom stereocenters. The number of fused-ring (bicyclic) bond motifs is 1. The van der Waals surface area contributed by atoms with E-state index in [4.69, 9.17) is 0 Å². The van der Waals surface area contributed by atoms with Crippen LogP contribution in [-0.2, 0) is 17.8 Å². The van der Waals surface area contributed by atoms with E-state index in [0.717, 1.165) is 35.6 Å². The minimum atomic E-state index is -0.273. The Hall–Kier alpha value is -2.09. The van der Waals surface area contributed by atoms with Crippen LogP contribution in [0.25, 0.3) is 11.3 Å². The van der Waals surface area contributed by atoms with Crippen molar-refractivity contribution >= 4 is 33.7 Å². The Morgan fingerprint density at radius 3 is 2.92 bits per heavy atom. The lowest BCUT2D eigenvalue weighted by molar-refractivity contribution is -0.117. The first-order valence-electron chi connectivity index (χ1n) is 8.39. The van der Waals surface area contributed by atoms with Gasteiger partial charge in [-0.1, -0.05) is 0 Å². The average Bonchev–Trinajstić information content (AvgIpc) is 3.21. The number of halogens is 1. The number of hydrogen-bond donors (Lipinski definition) is 1. The van der Waals surface area contributed by atoms with Gasteiger partial charge in [0.15, 0.2) is 5.13 Å². The van der Waals surface area contributed by atoms with E-state index in [2.05, 4.69) is 26.6 Å². The molecule has 1 aromatic carbocycles. The zero-order chi connectivity index (χ0) is 18.1. The molecule has 4 rings (SSSR count). The van der Waals surface area contributed by atoms with Crippen molar-refractivity contribution in [2.75, 3.05) is 18.4 Å². The fraction of sp³-hybridized carbons (Fsp3) is 0.263. The molecular weight excluding hydrogens is 369 g/mol. The number of carbonyl (C=O) groups excluding carboxylic acids is 1. The van der Waals surface area contributed by atoms with E-state index in [-0.39, 0.29) is 11.7 Å². The average molecular weight is 388 g/mol. The lowest BCUT2D eigenvalue weighted by Gasteiger charge is -2.25. The van der Waals surface area contributed by atoms with Crippen LogP contribution in [0, 0.1) is 12.7 Å². The summed E-state index contributed by atoms with van der Waals surface area (Å²) in [4.78, 5) is 21.5. The molecule has 3 heterocycles. The maximum absolute atomic E-state index is 13.1. The molecule has 0 aliphatic carbocycles. The number of benzene rings is 1. The largest absolute Gasteiger partial charge is 0.301 e. The molecule has 0 saturated carbocycles. The summed E-state index contributed by atoms with van der Waals surface area (Å²) >= 11 is 3.23. The van der Waals surface area contributed by atoms with Gasteiger partial charge in [0, 0.05) is 28.4 Å². The lowest BCUT2D eigenvalue weighted by atomic mass is 10.1. The summed E-state index contributed by atoms with van der Waals surface area (Å²) in [6, 6.07) is 8.39. The molecule has 0 radical (unpaired) electrons. The van der Waals surface area contributed by atoms with E-state index in [1.165, 1.54) is 33.9 Å². The van der Waals surface area contributed by atoms with Gasteiger partial charge in [0.2, 0.25) is 5.91 Å². The summed E-state index contributed by atoms with van der Waals surface area (Å²) < 4.78 is 13.1. The second kappa shape index (κ2) is 7.26. The van der Waals surface area contributed by atoms with Crippen LogP contribution in [0.5, 0.6) is 0 Å². The first-order valence-corrected chi connectivity index (χ1v) is 10.1. The maximum atomic E-state index is 13.1. The Morgan fingerprint density at radius 2 is 2.12 bits per heavy atom. The summed E-state index contributed by atoms with van der Waals surface area (Å²) in [6.45, 7) is 4.04. The van der Waals surface area contributed by atoms with Crippen molar-refractivity contribution in [3.8, 4) is 11.3 Å². The van der Waals surface area contributed by atoms with Crippen LogP contribution < -0.4 is 5.32 Å². The quantitative estimate of drug-likeness (QED) is 0.725. The molecule has 1 aliphatic rings. The predicted octanol–water partition coefficient (Wildman–Crippen LogP) is 4.32. The Labute approximate surface area is 159 Å². The standard InChI is InChI=1S/C19H18FN3OS2/c1-12-18(13-2-4-15(20)5-3-13)22-19(26-12)21-17(24)11-23-8-6-16-14(10-23)7-9-25-16/h2-5,7,9H,6,8,10-11H2,1H3,(H,21,22,24). The Kier molecular flexibility index (Phi) is 4.84. The van der Waals surface area contributed by atoms with E-state index in [1.54, 1.807) is 23.5 Å². The third kappa shape index (κ3) is 3.70. The van der Waals surface area contributed by atoms with Gasteiger partial charge in [0.1, 0.15) is 5.82 Å². The molecule has 1 aliphatic heterocycles. The monoisotopic (exact) mass is 387 g/mol. The highest BCUT2D eigenvalue weighted by Gasteiger charge is 2.20. The molecule has 1 amide bonds. The maximum Gasteiger partial charge on any atom is 0.240 e. The van der Waals surface area contributed by atoms with Gasteiger partial charge < -0.3 is 5.32 Å². The molecule has 4 nitrogen and oxygen atoms in total. The summed E-state index contributed by atoms with van der Waals surface area (Å²) in [5.41, 5.74) is 2.96. The molecule has 0 saturated heterocycles. The number of thiophene rings is 1. The molecule has 26 heavy (non-hydrogen) atoms. The number of nitrogens with zero attached hydrogens (tertiary/aromatic N) is 2. The van der Waals surface area contributed by atoms with Crippen LogP contribution in [0.15, 0.2) is 35.7 Å². The van der Waals surface area contributed by atoms with E-state index >= 15 is 0 Å². The fourth-order valence-electron chi connectivity index (χ4n) is 3.13. The number of nitrogens with one attached hydrogen (secondary N) is 1. The normalized spacial score (nSPS) is 14.2. The van der Waals surface area contributed by atoms with Gasteiger partial charge in [-0.25, -0.2) is 9.37 Å². The summed E-state index contributed by atoms with van der Waals surface area (Å²) in [7, 11) is 0. The van der Waals surface area contributed by atoms with Gasteiger partial charge in [-0.15, -0.1) is 22.7 Å². The smallest absolute Gasteiger partial charge is 0.240 e. The molecule has 0 spiro atoms. The van der Waals surface area contributed by atoms with Crippen molar-refractivity contribution in [2.24, 2.45) is 0 Å². The summed E-state index contributed by atoms with van der Waals surface area (Å²) in [6.07, 6.45) is 1.01. The topological polar surface area (TPSA) is 45.2 Å². The second-order valence-electron chi connectivity index (χ2n) is 6.31. The number of aromatic nitrogens is 1. The zero-order valence-electron chi connectivity index (χ0n) is 14.3. The van der Waals surface area contributed by atoms with Gasteiger partial charge in [-0.2, -0.15) is 0 Å². The first-order chi connectivity index (χ1) is 12.6.